The fourth-order valence-corrected chi connectivity index (χ4v) is 2.67. The van der Waals surface area contributed by atoms with Gasteiger partial charge in [-0.25, -0.2) is 13.8 Å². The third-order valence-corrected chi connectivity index (χ3v) is 4.15. The zero-order chi connectivity index (χ0) is 13.7. The summed E-state index contributed by atoms with van der Waals surface area (Å²) in [6.07, 6.45) is 4.27. The summed E-state index contributed by atoms with van der Waals surface area (Å²) >= 11 is 3.30. The highest BCUT2D eigenvalue weighted by Gasteiger charge is 2.34. The molecule has 0 amide bonds. The van der Waals surface area contributed by atoms with E-state index in [1.54, 1.807) is 0 Å². The molecule has 0 radical (unpaired) electrons. The van der Waals surface area contributed by atoms with E-state index in [1.165, 1.54) is 0 Å². The molecule has 1 aromatic heterocycles. The summed E-state index contributed by atoms with van der Waals surface area (Å²) in [7, 11) is 0. The van der Waals surface area contributed by atoms with Gasteiger partial charge in [-0.1, -0.05) is 6.07 Å². The van der Waals surface area contributed by atoms with E-state index in [0.717, 1.165) is 29.7 Å². The Morgan fingerprint density at radius 1 is 1.32 bits per heavy atom. The van der Waals surface area contributed by atoms with Crippen molar-refractivity contribution in [1.29, 1.82) is 0 Å². The molecule has 1 fully saturated rings. The largest absolute Gasteiger partial charge is 0.313 e. The SMILES string of the molecule is FC1(F)CCC(CCNCc2ccc(Br)nc2)CC1. The summed E-state index contributed by atoms with van der Waals surface area (Å²) in [6.45, 7) is 1.66. The summed E-state index contributed by atoms with van der Waals surface area (Å²) in [4.78, 5) is 4.16. The maximum absolute atomic E-state index is 13.0. The molecule has 2 nitrogen and oxygen atoms in total. The van der Waals surface area contributed by atoms with Crippen LogP contribution in [0.5, 0.6) is 0 Å². The standard InChI is InChI=1S/C14H19BrF2N2/c15-13-2-1-12(10-19-13)9-18-8-5-11-3-6-14(16,17)7-4-11/h1-2,10-11,18H,3-9H2. The van der Waals surface area contributed by atoms with Gasteiger partial charge in [-0.15, -0.1) is 0 Å². The van der Waals surface area contributed by atoms with Gasteiger partial charge in [0.15, 0.2) is 0 Å². The third kappa shape index (κ3) is 5.15. The van der Waals surface area contributed by atoms with E-state index >= 15 is 0 Å². The van der Waals surface area contributed by atoms with Gasteiger partial charge in [-0.05, 0) is 59.3 Å². The van der Waals surface area contributed by atoms with Crippen LogP contribution in [-0.2, 0) is 6.54 Å². The number of alkyl halides is 2. The summed E-state index contributed by atoms with van der Waals surface area (Å²) in [5.74, 6) is -1.96. The molecule has 1 aliphatic rings. The molecule has 0 unspecified atom stereocenters. The van der Waals surface area contributed by atoms with Crippen LogP contribution in [-0.4, -0.2) is 17.5 Å². The fourth-order valence-electron chi connectivity index (χ4n) is 2.44. The molecule has 0 aromatic carbocycles. The van der Waals surface area contributed by atoms with E-state index in [-0.39, 0.29) is 12.8 Å². The average molecular weight is 333 g/mol. The summed E-state index contributed by atoms with van der Waals surface area (Å²) in [6, 6.07) is 3.94. The molecule has 2 rings (SSSR count). The van der Waals surface area contributed by atoms with Crippen molar-refractivity contribution in [3.05, 3.63) is 28.5 Å². The molecule has 1 aromatic rings. The average Bonchev–Trinajstić information content (AvgIpc) is 2.38. The number of aromatic nitrogens is 1. The van der Waals surface area contributed by atoms with Gasteiger partial charge < -0.3 is 5.32 Å². The lowest BCUT2D eigenvalue weighted by molar-refractivity contribution is -0.0464. The third-order valence-electron chi connectivity index (χ3n) is 3.68. The minimum atomic E-state index is -2.41. The Balaban J connectivity index is 1.61. The van der Waals surface area contributed by atoms with Crippen molar-refractivity contribution in [2.24, 2.45) is 5.92 Å². The van der Waals surface area contributed by atoms with E-state index in [1.807, 2.05) is 18.3 Å². The van der Waals surface area contributed by atoms with Gasteiger partial charge in [-0.3, -0.25) is 0 Å². The van der Waals surface area contributed by atoms with Crippen molar-refractivity contribution in [2.45, 2.75) is 44.6 Å². The molecule has 0 aliphatic heterocycles. The highest BCUT2D eigenvalue weighted by Crippen LogP contribution is 2.37. The summed E-state index contributed by atoms with van der Waals surface area (Å²) in [5.41, 5.74) is 1.14. The molecule has 1 N–H and O–H groups in total. The maximum Gasteiger partial charge on any atom is 0.248 e. The smallest absolute Gasteiger partial charge is 0.248 e. The second-order valence-electron chi connectivity index (χ2n) is 5.25. The molecule has 0 spiro atoms. The summed E-state index contributed by atoms with van der Waals surface area (Å²) < 4.78 is 26.8. The first-order valence-corrected chi connectivity index (χ1v) is 7.53. The molecule has 1 saturated carbocycles. The first-order valence-electron chi connectivity index (χ1n) is 6.74. The van der Waals surface area contributed by atoms with Crippen molar-refractivity contribution in [3.63, 3.8) is 0 Å². The van der Waals surface area contributed by atoms with Crippen LogP contribution in [0.15, 0.2) is 22.9 Å². The monoisotopic (exact) mass is 332 g/mol. The maximum atomic E-state index is 13.0. The molecule has 1 aliphatic carbocycles. The van der Waals surface area contributed by atoms with Crippen LogP contribution >= 0.6 is 15.9 Å². The van der Waals surface area contributed by atoms with Gasteiger partial charge in [0, 0.05) is 25.6 Å². The number of rotatable bonds is 5. The van der Waals surface area contributed by atoms with Crippen LogP contribution < -0.4 is 5.32 Å². The number of halogens is 3. The Kier molecular flexibility index (Phi) is 5.28. The molecule has 0 bridgehead atoms. The Morgan fingerprint density at radius 3 is 2.68 bits per heavy atom. The molecule has 106 valence electrons. The van der Waals surface area contributed by atoms with E-state index in [2.05, 4.69) is 26.2 Å². The molecule has 5 heteroatoms. The van der Waals surface area contributed by atoms with Crippen molar-refractivity contribution in [2.75, 3.05) is 6.54 Å². The van der Waals surface area contributed by atoms with Crippen molar-refractivity contribution in [3.8, 4) is 0 Å². The predicted octanol–water partition coefficient (Wildman–Crippen LogP) is 4.15. The van der Waals surface area contributed by atoms with Gasteiger partial charge in [0.05, 0.1) is 0 Å². The number of hydrogen-bond acceptors (Lipinski definition) is 2. The predicted molar refractivity (Wildman–Crippen MR) is 75.2 cm³/mol. The Labute approximate surface area is 121 Å². The van der Waals surface area contributed by atoms with E-state index in [0.29, 0.717) is 18.8 Å². The van der Waals surface area contributed by atoms with Crippen molar-refractivity contribution >= 4 is 15.9 Å². The van der Waals surface area contributed by atoms with Crippen LogP contribution in [0.2, 0.25) is 0 Å². The van der Waals surface area contributed by atoms with Crippen LogP contribution in [0.4, 0.5) is 8.78 Å². The van der Waals surface area contributed by atoms with Gasteiger partial charge in [0.25, 0.3) is 0 Å². The fraction of sp³-hybridized carbons (Fsp3) is 0.643. The quantitative estimate of drug-likeness (QED) is 0.647. The van der Waals surface area contributed by atoms with Crippen molar-refractivity contribution in [1.82, 2.24) is 10.3 Å². The normalized spacial score (nSPS) is 19.5. The van der Waals surface area contributed by atoms with Gasteiger partial charge in [-0.2, -0.15) is 0 Å². The molecule has 19 heavy (non-hydrogen) atoms. The van der Waals surface area contributed by atoms with Crippen LogP contribution in [0.25, 0.3) is 0 Å². The van der Waals surface area contributed by atoms with Gasteiger partial charge in [0.2, 0.25) is 5.92 Å². The lowest BCUT2D eigenvalue weighted by Gasteiger charge is -2.28. The first kappa shape index (κ1) is 14.9. The lowest BCUT2D eigenvalue weighted by Crippen LogP contribution is -2.26. The zero-order valence-corrected chi connectivity index (χ0v) is 12.4. The molecular formula is C14H19BrF2N2. The topological polar surface area (TPSA) is 24.9 Å². The lowest BCUT2D eigenvalue weighted by atomic mass is 9.85. The van der Waals surface area contributed by atoms with Crippen LogP contribution in [0, 0.1) is 5.92 Å². The summed E-state index contributed by atoms with van der Waals surface area (Å²) in [5, 5.41) is 3.35. The number of hydrogen-bond donors (Lipinski definition) is 1. The van der Waals surface area contributed by atoms with Crippen LogP contribution in [0.3, 0.4) is 0 Å². The first-order chi connectivity index (χ1) is 9.05. The van der Waals surface area contributed by atoms with E-state index in [9.17, 15) is 8.78 Å². The Morgan fingerprint density at radius 2 is 2.05 bits per heavy atom. The molecule has 1 heterocycles. The molecule has 0 saturated heterocycles. The number of nitrogens with zero attached hydrogens (tertiary/aromatic N) is 1. The van der Waals surface area contributed by atoms with E-state index < -0.39 is 5.92 Å². The van der Waals surface area contributed by atoms with Gasteiger partial charge >= 0.3 is 0 Å². The second-order valence-corrected chi connectivity index (χ2v) is 6.07. The van der Waals surface area contributed by atoms with E-state index in [4.69, 9.17) is 0 Å². The van der Waals surface area contributed by atoms with Crippen molar-refractivity contribution < 1.29 is 8.78 Å². The molecule has 0 atom stereocenters. The number of pyridine rings is 1. The Bertz CT molecular complexity index is 385. The zero-order valence-electron chi connectivity index (χ0n) is 10.8. The highest BCUT2D eigenvalue weighted by molar-refractivity contribution is 9.10. The highest BCUT2D eigenvalue weighted by atomic mass is 79.9. The van der Waals surface area contributed by atoms with Crippen LogP contribution in [0.1, 0.15) is 37.7 Å². The Hall–Kier alpha value is -0.550. The molecular weight excluding hydrogens is 314 g/mol. The minimum absolute atomic E-state index is 0.0638. The minimum Gasteiger partial charge on any atom is -0.313 e. The second kappa shape index (κ2) is 6.75. The van der Waals surface area contributed by atoms with Gasteiger partial charge in [0.1, 0.15) is 4.60 Å². The number of nitrogens with one attached hydrogen (secondary N) is 1.